The second-order valence-corrected chi connectivity index (χ2v) is 5.21. The summed E-state index contributed by atoms with van der Waals surface area (Å²) in [5.74, 6) is 0.634. The maximum Gasteiger partial charge on any atom is 0.458 e. The van der Waals surface area contributed by atoms with Gasteiger partial charge in [0.2, 0.25) is 11.3 Å². The number of aryl methyl sites for hydroxylation is 1. The van der Waals surface area contributed by atoms with Gasteiger partial charge in [-0.15, -0.1) is 0 Å². The first-order valence-electron chi connectivity index (χ1n) is 5.77. The lowest BCUT2D eigenvalue weighted by molar-refractivity contribution is 0.603. The Morgan fingerprint density at radius 3 is 2.83 bits per heavy atom. The Morgan fingerprint density at radius 2 is 2.06 bits per heavy atom. The number of aromatic amines is 1. The molecule has 2 rings (SSSR count). The van der Waals surface area contributed by atoms with Crippen molar-refractivity contribution < 1.29 is 4.21 Å². The first-order chi connectivity index (χ1) is 8.70. The molecule has 2 aromatic rings. The molecule has 1 N–H and O–H groups in total. The number of fused-ring (bicyclic) bond motifs is 1. The predicted molar refractivity (Wildman–Crippen MR) is 75.4 cm³/mol. The lowest BCUT2D eigenvalue weighted by Crippen LogP contribution is -2.03. The number of halogens is 1. The van der Waals surface area contributed by atoms with Crippen LogP contribution in [0.25, 0.3) is 10.9 Å². The maximum atomic E-state index is 11.3. The Labute approximate surface area is 114 Å². The molecule has 0 aliphatic heterocycles. The monoisotopic (exact) mass is 282 g/mol. The van der Waals surface area contributed by atoms with Crippen molar-refractivity contribution in [2.45, 2.75) is 19.3 Å². The van der Waals surface area contributed by atoms with E-state index in [0.717, 1.165) is 35.7 Å². The smallest absolute Gasteiger partial charge is 0.322 e. The Balaban J connectivity index is 2.31. The number of nitrogens with one attached hydrogen (secondary N) is 1. The van der Waals surface area contributed by atoms with E-state index in [-0.39, 0.29) is 5.56 Å². The van der Waals surface area contributed by atoms with E-state index in [0.29, 0.717) is 22.4 Å². The van der Waals surface area contributed by atoms with Crippen LogP contribution in [-0.4, -0.2) is 10.7 Å². The fourth-order valence-electron chi connectivity index (χ4n) is 1.99. The molecule has 0 fully saturated rings. The van der Waals surface area contributed by atoms with Crippen molar-refractivity contribution in [1.82, 2.24) is 4.98 Å². The fourth-order valence-corrected chi connectivity index (χ4v) is 2.55. The predicted octanol–water partition coefficient (Wildman–Crippen LogP) is 2.93. The zero-order chi connectivity index (χ0) is 13.0. The first-order valence-corrected chi connectivity index (χ1v) is 7.06. The van der Waals surface area contributed by atoms with Gasteiger partial charge in [0.1, 0.15) is 0 Å². The zero-order valence-electron chi connectivity index (χ0n) is 9.74. The number of rotatable bonds is 5. The zero-order valence-corrected chi connectivity index (χ0v) is 11.3. The molecule has 0 saturated heterocycles. The van der Waals surface area contributed by atoms with Gasteiger partial charge in [-0.2, -0.15) is 0 Å². The van der Waals surface area contributed by atoms with Crippen molar-refractivity contribution in [2.75, 3.05) is 5.75 Å². The van der Waals surface area contributed by atoms with E-state index >= 15 is 0 Å². The van der Waals surface area contributed by atoms with Gasteiger partial charge in [0.15, 0.2) is 0 Å². The number of hydrogen-bond donors (Lipinski definition) is 1. The van der Waals surface area contributed by atoms with Crippen LogP contribution < -0.4 is 5.56 Å². The van der Waals surface area contributed by atoms with Crippen LogP contribution in [-0.2, 0) is 22.3 Å². The lowest BCUT2D eigenvalue weighted by Gasteiger charge is -2.06. The van der Waals surface area contributed by atoms with E-state index < -0.39 is 0 Å². The molecule has 0 unspecified atom stereocenters. The molecule has 0 aliphatic rings. The van der Waals surface area contributed by atoms with Gasteiger partial charge in [0.05, 0.1) is 5.52 Å². The van der Waals surface area contributed by atoms with Gasteiger partial charge in [-0.3, -0.25) is 4.79 Å². The quantitative estimate of drug-likeness (QED) is 0.677. The molecule has 0 amide bonds. The first kappa shape index (κ1) is 13.2. The number of hydrogen-bond acceptors (Lipinski definition) is 2. The van der Waals surface area contributed by atoms with Crippen molar-refractivity contribution in [3.8, 4) is 0 Å². The topological polar surface area (TPSA) is 49.9 Å². The molecular formula is C13H13ClNO2S+. The molecule has 5 heteroatoms. The SMILES string of the molecule is O=[S+]CCCCc1cc(Cl)cc2[nH]c(=O)ccc12. The van der Waals surface area contributed by atoms with E-state index in [4.69, 9.17) is 11.6 Å². The van der Waals surface area contributed by atoms with Gasteiger partial charge in [0.25, 0.3) is 0 Å². The molecule has 0 spiro atoms. The molecule has 1 aromatic carbocycles. The second-order valence-electron chi connectivity index (χ2n) is 4.13. The summed E-state index contributed by atoms with van der Waals surface area (Å²) in [5.41, 5.74) is 1.76. The molecule has 18 heavy (non-hydrogen) atoms. The largest absolute Gasteiger partial charge is 0.458 e. The van der Waals surface area contributed by atoms with Gasteiger partial charge in [-0.25, -0.2) is 0 Å². The summed E-state index contributed by atoms with van der Waals surface area (Å²) >= 11 is 6.66. The summed E-state index contributed by atoms with van der Waals surface area (Å²) in [6.07, 6.45) is 2.71. The Morgan fingerprint density at radius 1 is 1.22 bits per heavy atom. The van der Waals surface area contributed by atoms with E-state index in [9.17, 15) is 9.00 Å². The minimum absolute atomic E-state index is 0.126. The third-order valence-corrected chi connectivity index (χ3v) is 3.49. The van der Waals surface area contributed by atoms with Crippen LogP contribution in [0.3, 0.4) is 0 Å². The molecule has 0 radical (unpaired) electrons. The highest BCUT2D eigenvalue weighted by Crippen LogP contribution is 2.23. The number of H-pyrrole nitrogens is 1. The molecule has 0 bridgehead atoms. The van der Waals surface area contributed by atoms with Gasteiger partial charge < -0.3 is 4.98 Å². The Bertz CT molecular complexity index is 624. The molecule has 0 aliphatic carbocycles. The minimum atomic E-state index is -0.126. The van der Waals surface area contributed by atoms with Crippen LogP contribution >= 0.6 is 11.6 Å². The van der Waals surface area contributed by atoms with E-state index in [2.05, 4.69) is 4.98 Å². The van der Waals surface area contributed by atoms with Gasteiger partial charge in [0, 0.05) is 27.1 Å². The van der Waals surface area contributed by atoms with Gasteiger partial charge in [-0.05, 0) is 36.6 Å². The number of unbranched alkanes of at least 4 members (excludes halogenated alkanes) is 1. The van der Waals surface area contributed by atoms with Crippen molar-refractivity contribution in [2.24, 2.45) is 0 Å². The van der Waals surface area contributed by atoms with Crippen molar-refractivity contribution in [1.29, 1.82) is 0 Å². The molecule has 1 heterocycles. The van der Waals surface area contributed by atoms with Gasteiger partial charge in [-0.1, -0.05) is 11.6 Å². The highest BCUT2D eigenvalue weighted by Gasteiger charge is 2.05. The molecule has 0 saturated carbocycles. The number of benzene rings is 1. The summed E-state index contributed by atoms with van der Waals surface area (Å²) in [5, 5.41) is 1.64. The van der Waals surface area contributed by atoms with Crippen LogP contribution in [0.5, 0.6) is 0 Å². The lowest BCUT2D eigenvalue weighted by atomic mass is 10.0. The standard InChI is InChI=1S/C13H12ClNO2S/c14-10-7-9(3-1-2-6-18-17)11-4-5-13(16)15-12(11)8-10/h4-5,7-8H,1-3,6H2/p+1. The third kappa shape index (κ3) is 3.15. The third-order valence-electron chi connectivity index (χ3n) is 2.81. The summed E-state index contributed by atoms with van der Waals surface area (Å²) in [4.78, 5) is 14.0. The summed E-state index contributed by atoms with van der Waals surface area (Å²) < 4.78 is 10.3. The molecule has 94 valence electrons. The maximum absolute atomic E-state index is 11.3. The minimum Gasteiger partial charge on any atom is -0.322 e. The Kier molecular flexibility index (Phi) is 4.44. The van der Waals surface area contributed by atoms with Crippen LogP contribution in [0.1, 0.15) is 18.4 Å². The molecular weight excluding hydrogens is 270 g/mol. The molecule has 1 aromatic heterocycles. The van der Waals surface area contributed by atoms with Gasteiger partial charge >= 0.3 is 11.7 Å². The van der Waals surface area contributed by atoms with E-state index in [1.807, 2.05) is 12.1 Å². The van der Waals surface area contributed by atoms with Crippen molar-refractivity contribution in [3.05, 3.63) is 45.2 Å². The highest BCUT2D eigenvalue weighted by atomic mass is 35.5. The van der Waals surface area contributed by atoms with E-state index in [1.54, 1.807) is 6.07 Å². The average Bonchev–Trinajstić information content (AvgIpc) is 2.33. The molecule has 3 nitrogen and oxygen atoms in total. The number of pyridine rings is 1. The Hall–Kier alpha value is -1.26. The number of aromatic nitrogens is 1. The summed E-state index contributed by atoms with van der Waals surface area (Å²) in [6.45, 7) is 0. The second kappa shape index (κ2) is 6.07. The normalized spacial score (nSPS) is 10.7. The van der Waals surface area contributed by atoms with E-state index in [1.165, 1.54) is 6.07 Å². The summed E-state index contributed by atoms with van der Waals surface area (Å²) in [6, 6.07) is 7.03. The van der Waals surface area contributed by atoms with Crippen LogP contribution in [0, 0.1) is 0 Å². The fraction of sp³-hybridized carbons (Fsp3) is 0.308. The average molecular weight is 283 g/mol. The van der Waals surface area contributed by atoms with Crippen molar-refractivity contribution in [3.63, 3.8) is 0 Å². The van der Waals surface area contributed by atoms with Crippen LogP contribution in [0.15, 0.2) is 29.1 Å². The molecule has 0 atom stereocenters. The highest BCUT2D eigenvalue weighted by molar-refractivity contribution is 7.65. The van der Waals surface area contributed by atoms with Crippen LogP contribution in [0.2, 0.25) is 5.02 Å². The van der Waals surface area contributed by atoms with Crippen molar-refractivity contribution >= 4 is 34.2 Å². The summed E-state index contributed by atoms with van der Waals surface area (Å²) in [7, 11) is 0. The van der Waals surface area contributed by atoms with Crippen LogP contribution in [0.4, 0.5) is 0 Å².